The normalized spacial score (nSPS) is 43.2. The maximum atomic E-state index is 5.80. The summed E-state index contributed by atoms with van der Waals surface area (Å²) in [7, 11) is 0. The van der Waals surface area contributed by atoms with Gasteiger partial charge < -0.3 is 14.2 Å². The third-order valence-corrected chi connectivity index (χ3v) is 3.19. The molecule has 0 saturated carbocycles. The Hall–Kier alpha value is 0.170. The molecule has 2 aliphatic rings. The maximum absolute atomic E-state index is 5.80. The number of hydrogen-bond acceptors (Lipinski definition) is 3. The number of rotatable bonds is 1. The van der Waals surface area contributed by atoms with Crippen molar-refractivity contribution >= 4 is 11.6 Å². The van der Waals surface area contributed by atoms with Gasteiger partial charge in [0.15, 0.2) is 5.79 Å². The Morgan fingerprint density at radius 3 is 2.62 bits per heavy atom. The summed E-state index contributed by atoms with van der Waals surface area (Å²) in [5, 5.41) is 0. The zero-order chi connectivity index (χ0) is 9.53. The van der Waals surface area contributed by atoms with Crippen LogP contribution in [0.1, 0.15) is 20.3 Å². The summed E-state index contributed by atoms with van der Waals surface area (Å²) in [5.41, 5.74) is -0.353. The first-order chi connectivity index (χ1) is 6.10. The first kappa shape index (κ1) is 9.71. The number of hydrogen-bond donors (Lipinski definition) is 0. The molecule has 2 atom stereocenters. The Labute approximate surface area is 83.3 Å². The van der Waals surface area contributed by atoms with Crippen molar-refractivity contribution in [1.29, 1.82) is 0 Å². The molecule has 2 heterocycles. The molecule has 0 aromatic heterocycles. The van der Waals surface area contributed by atoms with Crippen LogP contribution in [-0.2, 0) is 14.2 Å². The second-order valence-corrected chi connectivity index (χ2v) is 4.38. The molecule has 0 amide bonds. The predicted octanol–water partition coefficient (Wildman–Crippen LogP) is 1.54. The quantitative estimate of drug-likeness (QED) is 0.610. The van der Waals surface area contributed by atoms with Gasteiger partial charge in [0.1, 0.15) is 5.60 Å². The number of ether oxygens (including phenoxy) is 3. The molecule has 76 valence electrons. The van der Waals surface area contributed by atoms with Gasteiger partial charge >= 0.3 is 0 Å². The third-order valence-electron chi connectivity index (χ3n) is 2.84. The minimum Gasteiger partial charge on any atom is -0.370 e. The fourth-order valence-corrected chi connectivity index (χ4v) is 2.09. The van der Waals surface area contributed by atoms with Gasteiger partial charge in [0, 0.05) is 6.42 Å². The molecule has 2 saturated heterocycles. The summed E-state index contributed by atoms with van der Waals surface area (Å²) in [6.45, 7) is 5.27. The topological polar surface area (TPSA) is 27.7 Å². The zero-order valence-corrected chi connectivity index (χ0v) is 8.76. The predicted molar refractivity (Wildman–Crippen MR) is 48.9 cm³/mol. The first-order valence-electron chi connectivity index (χ1n) is 4.61. The summed E-state index contributed by atoms with van der Waals surface area (Å²) in [6, 6.07) is 0. The van der Waals surface area contributed by atoms with Gasteiger partial charge in [0.05, 0.1) is 25.2 Å². The first-order valence-corrected chi connectivity index (χ1v) is 5.15. The van der Waals surface area contributed by atoms with Crippen LogP contribution in [0.4, 0.5) is 0 Å². The van der Waals surface area contributed by atoms with E-state index in [1.54, 1.807) is 0 Å². The molecule has 3 nitrogen and oxygen atoms in total. The van der Waals surface area contributed by atoms with E-state index in [-0.39, 0.29) is 11.7 Å². The lowest BCUT2D eigenvalue weighted by molar-refractivity contribution is -0.231. The molecule has 2 rings (SSSR count). The molecule has 0 N–H and O–H groups in total. The van der Waals surface area contributed by atoms with Crippen LogP contribution < -0.4 is 0 Å². The Bertz CT molecular complexity index is 207. The van der Waals surface area contributed by atoms with Gasteiger partial charge in [0.25, 0.3) is 0 Å². The van der Waals surface area contributed by atoms with E-state index in [1.807, 2.05) is 13.8 Å². The van der Waals surface area contributed by atoms with Crippen molar-refractivity contribution < 1.29 is 14.2 Å². The lowest BCUT2D eigenvalue weighted by atomic mass is 9.97. The lowest BCUT2D eigenvalue weighted by Gasteiger charge is -2.34. The molecule has 1 spiro atoms. The second kappa shape index (κ2) is 3.09. The van der Waals surface area contributed by atoms with E-state index in [0.717, 1.165) is 6.42 Å². The third kappa shape index (κ3) is 1.38. The van der Waals surface area contributed by atoms with Crippen molar-refractivity contribution in [2.75, 3.05) is 19.1 Å². The highest BCUT2D eigenvalue weighted by molar-refractivity contribution is 6.18. The van der Waals surface area contributed by atoms with Crippen LogP contribution in [-0.4, -0.2) is 36.6 Å². The summed E-state index contributed by atoms with van der Waals surface area (Å²) in [5.74, 6) is -0.0651. The molecule has 2 aliphatic heterocycles. The summed E-state index contributed by atoms with van der Waals surface area (Å²) < 4.78 is 17.1. The zero-order valence-electron chi connectivity index (χ0n) is 8.01. The van der Waals surface area contributed by atoms with Gasteiger partial charge in [-0.05, 0) is 13.8 Å². The van der Waals surface area contributed by atoms with Gasteiger partial charge in [-0.2, -0.15) is 0 Å². The Morgan fingerprint density at radius 1 is 1.38 bits per heavy atom. The van der Waals surface area contributed by atoms with Crippen LogP contribution in [0.3, 0.4) is 0 Å². The molecule has 13 heavy (non-hydrogen) atoms. The van der Waals surface area contributed by atoms with Crippen LogP contribution in [0.15, 0.2) is 0 Å². The van der Waals surface area contributed by atoms with Crippen molar-refractivity contribution in [3.8, 4) is 0 Å². The van der Waals surface area contributed by atoms with E-state index in [9.17, 15) is 0 Å². The van der Waals surface area contributed by atoms with Crippen molar-refractivity contribution in [2.24, 2.45) is 0 Å². The van der Waals surface area contributed by atoms with Crippen molar-refractivity contribution in [2.45, 2.75) is 37.8 Å². The SMILES string of the molecule is CC1(C)OCCC12OCC(CCl)O2. The highest BCUT2D eigenvalue weighted by Crippen LogP contribution is 2.43. The highest BCUT2D eigenvalue weighted by atomic mass is 35.5. The van der Waals surface area contributed by atoms with Crippen LogP contribution in [0.5, 0.6) is 0 Å². The van der Waals surface area contributed by atoms with E-state index in [4.69, 9.17) is 25.8 Å². The molecular weight excluding hydrogens is 192 g/mol. The molecule has 0 bridgehead atoms. The van der Waals surface area contributed by atoms with Crippen LogP contribution in [0.2, 0.25) is 0 Å². The van der Waals surface area contributed by atoms with Gasteiger partial charge in [-0.3, -0.25) is 0 Å². The molecule has 2 fully saturated rings. The van der Waals surface area contributed by atoms with Gasteiger partial charge in [0.2, 0.25) is 0 Å². The summed E-state index contributed by atoms with van der Waals surface area (Å²) >= 11 is 5.72. The second-order valence-electron chi connectivity index (χ2n) is 4.07. The average Bonchev–Trinajstić information content (AvgIpc) is 2.60. The smallest absolute Gasteiger partial charge is 0.199 e. The minimum absolute atomic E-state index is 0.0163. The van der Waals surface area contributed by atoms with E-state index in [1.165, 1.54) is 0 Å². The number of alkyl halides is 1. The minimum atomic E-state index is -0.549. The average molecular weight is 207 g/mol. The van der Waals surface area contributed by atoms with Gasteiger partial charge in [-0.15, -0.1) is 11.6 Å². The molecule has 0 aromatic rings. The lowest BCUT2D eigenvalue weighted by Crippen LogP contribution is -2.47. The Balaban J connectivity index is 2.13. The monoisotopic (exact) mass is 206 g/mol. The molecule has 2 unspecified atom stereocenters. The largest absolute Gasteiger partial charge is 0.370 e. The molecule has 0 aromatic carbocycles. The Morgan fingerprint density at radius 2 is 2.15 bits per heavy atom. The van der Waals surface area contributed by atoms with Crippen LogP contribution in [0.25, 0.3) is 0 Å². The fourth-order valence-electron chi connectivity index (χ4n) is 1.94. The van der Waals surface area contributed by atoms with E-state index in [2.05, 4.69) is 0 Å². The summed E-state index contributed by atoms with van der Waals surface area (Å²) in [4.78, 5) is 0. The van der Waals surface area contributed by atoms with E-state index in [0.29, 0.717) is 19.1 Å². The number of halogens is 1. The molecule has 4 heteroatoms. The van der Waals surface area contributed by atoms with Crippen molar-refractivity contribution in [3.63, 3.8) is 0 Å². The molecular formula is C9H15ClO3. The van der Waals surface area contributed by atoms with Crippen molar-refractivity contribution in [1.82, 2.24) is 0 Å². The molecule has 0 radical (unpaired) electrons. The van der Waals surface area contributed by atoms with Crippen molar-refractivity contribution in [3.05, 3.63) is 0 Å². The van der Waals surface area contributed by atoms with Gasteiger partial charge in [-0.1, -0.05) is 0 Å². The summed E-state index contributed by atoms with van der Waals surface area (Å²) in [6.07, 6.45) is 0.815. The van der Waals surface area contributed by atoms with Crippen LogP contribution >= 0.6 is 11.6 Å². The van der Waals surface area contributed by atoms with E-state index >= 15 is 0 Å². The Kier molecular flexibility index (Phi) is 2.31. The van der Waals surface area contributed by atoms with Crippen LogP contribution in [0, 0.1) is 0 Å². The standard InChI is InChI=1S/C9H15ClO3/c1-8(2)9(3-4-11-8)12-6-7(5-10)13-9/h7H,3-6H2,1-2H3. The van der Waals surface area contributed by atoms with Gasteiger partial charge in [-0.25, -0.2) is 0 Å². The molecule has 0 aliphatic carbocycles. The maximum Gasteiger partial charge on any atom is 0.199 e. The fraction of sp³-hybridized carbons (Fsp3) is 1.00. The van der Waals surface area contributed by atoms with E-state index < -0.39 is 5.79 Å². The highest BCUT2D eigenvalue weighted by Gasteiger charge is 2.57.